The monoisotopic (exact) mass is 395 g/mol. The van der Waals surface area contributed by atoms with Crippen molar-refractivity contribution < 1.29 is 8.81 Å². The molecule has 0 aliphatic carbocycles. The molecule has 4 aromatic rings. The average Bonchev–Trinajstić information content (AvgIpc) is 3.38. The molecular weight excluding hydrogens is 377 g/mol. The van der Waals surface area contributed by atoms with E-state index < -0.39 is 0 Å². The Morgan fingerprint density at radius 2 is 2.00 bits per heavy atom. The number of hydrogen-bond acceptors (Lipinski definition) is 7. The summed E-state index contributed by atoms with van der Waals surface area (Å²) in [5, 5.41) is 3.18. The molecule has 1 aromatic carbocycles. The number of benzene rings is 1. The predicted octanol–water partition coefficient (Wildman–Crippen LogP) is 3.81. The molecule has 0 bridgehead atoms. The second-order valence-electron chi connectivity index (χ2n) is 6.75. The standard InChI is InChI=1S/C20H18FN5OS/c21-15-3-1-2-14(10-15)19-24-16(12-27-19)11-25-5-7-26(8-6-25)18-17-4-9-28-20(17)23-13-22-18/h1-4,9-10,12-13H,5-8,11H2. The first-order chi connectivity index (χ1) is 13.8. The third kappa shape index (κ3) is 3.36. The van der Waals surface area contributed by atoms with Crippen LogP contribution in [0.3, 0.4) is 0 Å². The Labute approximate surface area is 165 Å². The fraction of sp³-hybridized carbons (Fsp3) is 0.250. The smallest absolute Gasteiger partial charge is 0.226 e. The molecule has 0 amide bonds. The van der Waals surface area contributed by atoms with E-state index >= 15 is 0 Å². The van der Waals surface area contributed by atoms with Gasteiger partial charge in [0.2, 0.25) is 5.89 Å². The van der Waals surface area contributed by atoms with Gasteiger partial charge in [-0.3, -0.25) is 4.90 Å². The van der Waals surface area contributed by atoms with Crippen LogP contribution in [0.25, 0.3) is 21.7 Å². The van der Waals surface area contributed by atoms with Gasteiger partial charge in [-0.1, -0.05) is 6.07 Å². The van der Waals surface area contributed by atoms with Crippen LogP contribution in [0.15, 0.2) is 52.7 Å². The lowest BCUT2D eigenvalue weighted by Crippen LogP contribution is -2.46. The zero-order valence-corrected chi connectivity index (χ0v) is 15.9. The molecule has 1 aliphatic heterocycles. The number of aromatic nitrogens is 3. The van der Waals surface area contributed by atoms with Gasteiger partial charge in [0, 0.05) is 38.3 Å². The topological polar surface area (TPSA) is 58.3 Å². The fourth-order valence-electron chi connectivity index (χ4n) is 3.51. The van der Waals surface area contributed by atoms with Gasteiger partial charge >= 0.3 is 0 Å². The van der Waals surface area contributed by atoms with Gasteiger partial charge in [0.05, 0.1) is 11.1 Å². The predicted molar refractivity (Wildman–Crippen MR) is 107 cm³/mol. The number of nitrogens with zero attached hydrogens (tertiary/aromatic N) is 5. The third-order valence-electron chi connectivity index (χ3n) is 4.92. The van der Waals surface area contributed by atoms with Crippen LogP contribution >= 0.6 is 11.3 Å². The molecule has 5 rings (SSSR count). The first kappa shape index (κ1) is 17.3. The van der Waals surface area contributed by atoms with Gasteiger partial charge in [-0.2, -0.15) is 0 Å². The maximum atomic E-state index is 13.4. The number of halogens is 1. The van der Waals surface area contributed by atoms with E-state index in [1.54, 1.807) is 36.1 Å². The summed E-state index contributed by atoms with van der Waals surface area (Å²) < 4.78 is 18.9. The van der Waals surface area contributed by atoms with Crippen molar-refractivity contribution in [2.24, 2.45) is 0 Å². The molecule has 0 radical (unpaired) electrons. The molecule has 28 heavy (non-hydrogen) atoms. The summed E-state index contributed by atoms with van der Waals surface area (Å²) in [7, 11) is 0. The number of rotatable bonds is 4. The number of piperazine rings is 1. The molecule has 6 nitrogen and oxygen atoms in total. The van der Waals surface area contributed by atoms with E-state index in [1.807, 2.05) is 0 Å². The van der Waals surface area contributed by atoms with Crippen molar-refractivity contribution in [1.29, 1.82) is 0 Å². The minimum atomic E-state index is -0.294. The fourth-order valence-corrected chi connectivity index (χ4v) is 4.24. The highest BCUT2D eigenvalue weighted by Crippen LogP contribution is 2.27. The Balaban J connectivity index is 1.24. The zero-order chi connectivity index (χ0) is 18.9. The van der Waals surface area contributed by atoms with Gasteiger partial charge in [0.15, 0.2) is 0 Å². The normalized spacial score (nSPS) is 15.4. The molecule has 142 valence electrons. The van der Waals surface area contributed by atoms with Gasteiger partial charge < -0.3 is 9.32 Å². The summed E-state index contributed by atoms with van der Waals surface area (Å²) >= 11 is 1.64. The first-order valence-corrected chi connectivity index (χ1v) is 10.00. The van der Waals surface area contributed by atoms with Crippen molar-refractivity contribution in [3.8, 4) is 11.5 Å². The van der Waals surface area contributed by atoms with E-state index in [0.29, 0.717) is 18.0 Å². The maximum Gasteiger partial charge on any atom is 0.226 e. The lowest BCUT2D eigenvalue weighted by Gasteiger charge is -2.35. The minimum absolute atomic E-state index is 0.294. The van der Waals surface area contributed by atoms with Crippen molar-refractivity contribution in [3.63, 3.8) is 0 Å². The second kappa shape index (κ2) is 7.29. The number of oxazole rings is 1. The maximum absolute atomic E-state index is 13.4. The summed E-state index contributed by atoms with van der Waals surface area (Å²) in [5.74, 6) is 1.17. The molecule has 0 saturated carbocycles. The molecule has 0 unspecified atom stereocenters. The van der Waals surface area contributed by atoms with E-state index in [-0.39, 0.29) is 5.82 Å². The molecule has 0 N–H and O–H groups in total. The van der Waals surface area contributed by atoms with E-state index in [1.165, 1.54) is 12.1 Å². The van der Waals surface area contributed by atoms with Crippen LogP contribution in [0.4, 0.5) is 10.2 Å². The zero-order valence-electron chi connectivity index (χ0n) is 15.1. The van der Waals surface area contributed by atoms with Crippen molar-refractivity contribution in [1.82, 2.24) is 19.9 Å². The first-order valence-electron chi connectivity index (χ1n) is 9.12. The van der Waals surface area contributed by atoms with E-state index in [9.17, 15) is 4.39 Å². The van der Waals surface area contributed by atoms with Crippen LogP contribution in [-0.4, -0.2) is 46.0 Å². The van der Waals surface area contributed by atoms with Crippen LogP contribution in [0.2, 0.25) is 0 Å². The largest absolute Gasteiger partial charge is 0.444 e. The summed E-state index contributed by atoms with van der Waals surface area (Å²) in [5.41, 5.74) is 1.51. The lowest BCUT2D eigenvalue weighted by atomic mass is 10.2. The van der Waals surface area contributed by atoms with Crippen LogP contribution in [0, 0.1) is 5.82 Å². The van der Waals surface area contributed by atoms with Crippen molar-refractivity contribution in [3.05, 3.63) is 59.8 Å². The molecule has 1 fully saturated rings. The molecule has 0 atom stereocenters. The molecule has 8 heteroatoms. The Bertz CT molecular complexity index is 1100. The summed E-state index contributed by atoms with van der Waals surface area (Å²) in [6.45, 7) is 4.34. The van der Waals surface area contributed by atoms with Gasteiger partial charge in [0.1, 0.15) is 29.1 Å². The minimum Gasteiger partial charge on any atom is -0.444 e. The second-order valence-corrected chi connectivity index (χ2v) is 7.65. The third-order valence-corrected chi connectivity index (χ3v) is 5.74. The Kier molecular flexibility index (Phi) is 4.50. The number of anilines is 1. The van der Waals surface area contributed by atoms with Crippen LogP contribution < -0.4 is 4.90 Å². The van der Waals surface area contributed by atoms with Crippen LogP contribution in [0.5, 0.6) is 0 Å². The van der Waals surface area contributed by atoms with E-state index in [2.05, 4.69) is 36.2 Å². The van der Waals surface area contributed by atoms with Crippen molar-refractivity contribution in [2.45, 2.75) is 6.54 Å². The molecule has 0 spiro atoms. The average molecular weight is 395 g/mol. The lowest BCUT2D eigenvalue weighted by molar-refractivity contribution is 0.246. The highest BCUT2D eigenvalue weighted by Gasteiger charge is 2.21. The molecular formula is C20H18FN5OS. The van der Waals surface area contributed by atoms with Gasteiger partial charge in [-0.15, -0.1) is 11.3 Å². The highest BCUT2D eigenvalue weighted by molar-refractivity contribution is 7.16. The van der Waals surface area contributed by atoms with E-state index in [0.717, 1.165) is 47.9 Å². The number of hydrogen-bond donors (Lipinski definition) is 0. The van der Waals surface area contributed by atoms with E-state index in [4.69, 9.17) is 4.42 Å². The molecule has 3 aromatic heterocycles. The molecule has 1 saturated heterocycles. The molecule has 1 aliphatic rings. The summed E-state index contributed by atoms with van der Waals surface area (Å²) in [6, 6.07) is 8.39. The summed E-state index contributed by atoms with van der Waals surface area (Å²) in [4.78, 5) is 19.0. The van der Waals surface area contributed by atoms with Crippen LogP contribution in [0.1, 0.15) is 5.69 Å². The SMILES string of the molecule is Fc1cccc(-c2nc(CN3CCN(c4ncnc5sccc45)CC3)co2)c1. The van der Waals surface area contributed by atoms with Crippen LogP contribution in [-0.2, 0) is 6.54 Å². The highest BCUT2D eigenvalue weighted by atomic mass is 32.1. The van der Waals surface area contributed by atoms with Gasteiger partial charge in [-0.25, -0.2) is 19.3 Å². The van der Waals surface area contributed by atoms with Gasteiger partial charge in [0.25, 0.3) is 0 Å². The quantitative estimate of drug-likeness (QED) is 0.524. The number of fused-ring (bicyclic) bond motifs is 1. The Hall–Kier alpha value is -2.84. The Morgan fingerprint density at radius 3 is 2.86 bits per heavy atom. The molecule has 4 heterocycles. The summed E-state index contributed by atoms with van der Waals surface area (Å²) in [6.07, 6.45) is 3.30. The van der Waals surface area contributed by atoms with Crippen molar-refractivity contribution >= 4 is 27.4 Å². The number of thiophene rings is 1. The Morgan fingerprint density at radius 1 is 1.11 bits per heavy atom. The van der Waals surface area contributed by atoms with Crippen molar-refractivity contribution in [2.75, 3.05) is 31.1 Å². The van der Waals surface area contributed by atoms with Gasteiger partial charge in [-0.05, 0) is 29.6 Å².